The number of carbonyl (C=O) groups excluding carboxylic acids is 2. The highest BCUT2D eigenvalue weighted by Gasteiger charge is 2.16. The summed E-state index contributed by atoms with van der Waals surface area (Å²) in [5.41, 5.74) is 1.24. The van der Waals surface area contributed by atoms with Gasteiger partial charge in [-0.05, 0) is 31.2 Å². The number of carbonyl (C=O) groups is 2. The number of amides is 1. The molecule has 0 aliphatic carbocycles. The second kappa shape index (κ2) is 8.47. The van der Waals surface area contributed by atoms with E-state index in [0.29, 0.717) is 22.6 Å². The second-order valence-corrected chi connectivity index (χ2v) is 6.17. The van der Waals surface area contributed by atoms with Crippen LogP contribution in [0.2, 0.25) is 0 Å². The summed E-state index contributed by atoms with van der Waals surface area (Å²) < 4.78 is 20.7. The predicted molar refractivity (Wildman–Crippen MR) is 106 cm³/mol. The van der Waals surface area contributed by atoms with Crippen LogP contribution >= 0.6 is 0 Å². The van der Waals surface area contributed by atoms with Crippen LogP contribution in [-0.2, 0) is 9.53 Å². The Morgan fingerprint density at radius 2 is 1.76 bits per heavy atom. The molecule has 0 saturated carbocycles. The first-order valence-electron chi connectivity index (χ1n) is 8.65. The van der Waals surface area contributed by atoms with Crippen molar-refractivity contribution in [1.82, 2.24) is 0 Å². The maximum absolute atomic E-state index is 12.2. The first-order chi connectivity index (χ1) is 13.9. The van der Waals surface area contributed by atoms with E-state index in [9.17, 15) is 14.4 Å². The minimum Gasteiger partial charge on any atom is -0.493 e. The first-order valence-corrected chi connectivity index (χ1v) is 8.65. The number of fused-ring (bicyclic) bond motifs is 1. The molecule has 0 fully saturated rings. The van der Waals surface area contributed by atoms with E-state index >= 15 is 0 Å². The molecule has 2 aromatic carbocycles. The molecule has 8 nitrogen and oxygen atoms in total. The molecule has 0 bridgehead atoms. The van der Waals surface area contributed by atoms with Crippen molar-refractivity contribution in [3.05, 3.63) is 64.0 Å². The molecule has 0 atom stereocenters. The molecule has 0 aliphatic rings. The van der Waals surface area contributed by atoms with Gasteiger partial charge in [0.05, 0.1) is 19.6 Å². The summed E-state index contributed by atoms with van der Waals surface area (Å²) in [6.07, 6.45) is 0. The van der Waals surface area contributed by atoms with Gasteiger partial charge in [-0.15, -0.1) is 0 Å². The second-order valence-electron chi connectivity index (χ2n) is 6.17. The number of anilines is 1. The summed E-state index contributed by atoms with van der Waals surface area (Å²) in [6, 6.07) is 10.9. The Morgan fingerprint density at radius 1 is 1.00 bits per heavy atom. The van der Waals surface area contributed by atoms with Crippen LogP contribution in [0, 0.1) is 6.92 Å². The van der Waals surface area contributed by atoms with Crippen molar-refractivity contribution >= 4 is 28.5 Å². The molecule has 3 rings (SSSR count). The summed E-state index contributed by atoms with van der Waals surface area (Å²) in [6.45, 7) is 1.29. The van der Waals surface area contributed by atoms with Gasteiger partial charge in [-0.2, -0.15) is 0 Å². The maximum atomic E-state index is 12.2. The number of esters is 1. The fourth-order valence-corrected chi connectivity index (χ4v) is 2.68. The molecule has 150 valence electrons. The average Bonchev–Trinajstić information content (AvgIpc) is 2.72. The van der Waals surface area contributed by atoms with Gasteiger partial charge in [-0.3, -0.25) is 9.59 Å². The lowest BCUT2D eigenvalue weighted by atomic mass is 10.1. The molecule has 0 unspecified atom stereocenters. The minimum absolute atomic E-state index is 0.268. The van der Waals surface area contributed by atoms with E-state index in [4.69, 9.17) is 18.6 Å². The number of hydrogen-bond donors (Lipinski definition) is 1. The molecule has 1 N–H and O–H groups in total. The summed E-state index contributed by atoms with van der Waals surface area (Å²) >= 11 is 0. The number of nitrogens with one attached hydrogen (secondary N) is 1. The third-order valence-corrected chi connectivity index (χ3v) is 4.09. The minimum atomic E-state index is -0.910. The highest BCUT2D eigenvalue weighted by atomic mass is 16.5. The molecule has 0 saturated heterocycles. The summed E-state index contributed by atoms with van der Waals surface area (Å²) in [7, 11) is 2.98. The van der Waals surface area contributed by atoms with E-state index in [0.717, 1.165) is 11.6 Å². The van der Waals surface area contributed by atoms with Crippen LogP contribution in [0.1, 0.15) is 16.1 Å². The topological polar surface area (TPSA) is 104 Å². The van der Waals surface area contributed by atoms with Gasteiger partial charge in [0.2, 0.25) is 5.76 Å². The number of benzene rings is 2. The van der Waals surface area contributed by atoms with Gasteiger partial charge in [0, 0.05) is 17.8 Å². The Hall–Kier alpha value is -3.81. The Bertz CT molecular complexity index is 1130. The third kappa shape index (κ3) is 4.55. The summed E-state index contributed by atoms with van der Waals surface area (Å²) in [5, 5.41) is 2.95. The van der Waals surface area contributed by atoms with Crippen molar-refractivity contribution in [2.45, 2.75) is 6.92 Å². The molecule has 0 aliphatic heterocycles. The van der Waals surface area contributed by atoms with Gasteiger partial charge in [0.15, 0.2) is 23.5 Å². The van der Waals surface area contributed by atoms with Gasteiger partial charge < -0.3 is 23.9 Å². The molecule has 1 heterocycles. The number of aryl methyl sites for hydroxylation is 1. The van der Waals surface area contributed by atoms with E-state index in [1.165, 1.54) is 14.2 Å². The van der Waals surface area contributed by atoms with Crippen LogP contribution in [0.3, 0.4) is 0 Å². The van der Waals surface area contributed by atoms with Crippen LogP contribution < -0.4 is 20.2 Å². The number of hydrogen-bond acceptors (Lipinski definition) is 7. The van der Waals surface area contributed by atoms with E-state index < -0.39 is 18.5 Å². The average molecular weight is 397 g/mol. The number of ether oxygens (including phenoxy) is 3. The van der Waals surface area contributed by atoms with Gasteiger partial charge in [-0.1, -0.05) is 11.6 Å². The van der Waals surface area contributed by atoms with Crippen molar-refractivity contribution in [1.29, 1.82) is 0 Å². The Kier molecular flexibility index (Phi) is 5.82. The zero-order valence-electron chi connectivity index (χ0n) is 16.1. The fourth-order valence-electron chi connectivity index (χ4n) is 2.68. The fraction of sp³-hybridized carbons (Fsp3) is 0.190. The molecule has 8 heteroatoms. The SMILES string of the molecule is COc1ccc(NC(=O)COC(=O)c2cc(=O)c3cc(C)ccc3o2)cc1OC. The van der Waals surface area contributed by atoms with Crippen LogP contribution in [0.4, 0.5) is 5.69 Å². The molecular weight excluding hydrogens is 378 g/mol. The van der Waals surface area contributed by atoms with E-state index in [-0.39, 0.29) is 16.8 Å². The normalized spacial score (nSPS) is 10.4. The number of rotatable bonds is 6. The van der Waals surface area contributed by atoms with Gasteiger partial charge in [0.25, 0.3) is 5.91 Å². The lowest BCUT2D eigenvalue weighted by Crippen LogP contribution is -2.21. The van der Waals surface area contributed by atoms with E-state index in [2.05, 4.69) is 5.32 Å². The van der Waals surface area contributed by atoms with Gasteiger partial charge in [-0.25, -0.2) is 4.79 Å². The van der Waals surface area contributed by atoms with Crippen molar-refractivity contribution in [3.63, 3.8) is 0 Å². The Morgan fingerprint density at radius 3 is 2.48 bits per heavy atom. The standard InChI is InChI=1S/C21H19NO7/c1-12-4-6-16-14(8-12)15(23)10-19(29-16)21(25)28-11-20(24)22-13-5-7-17(26-2)18(9-13)27-3/h4-10H,11H2,1-3H3,(H,22,24). The highest BCUT2D eigenvalue weighted by Crippen LogP contribution is 2.29. The molecule has 1 aromatic heterocycles. The molecule has 0 radical (unpaired) electrons. The van der Waals surface area contributed by atoms with E-state index in [1.54, 1.807) is 36.4 Å². The Balaban J connectivity index is 1.66. The smallest absolute Gasteiger partial charge is 0.374 e. The molecule has 3 aromatic rings. The van der Waals surface area contributed by atoms with Crippen LogP contribution in [-0.4, -0.2) is 32.7 Å². The maximum Gasteiger partial charge on any atom is 0.374 e. The monoisotopic (exact) mass is 397 g/mol. The zero-order chi connectivity index (χ0) is 21.0. The lowest BCUT2D eigenvalue weighted by Gasteiger charge is -2.10. The van der Waals surface area contributed by atoms with Crippen LogP contribution in [0.15, 0.2) is 51.7 Å². The molecule has 0 spiro atoms. The number of methoxy groups -OCH3 is 2. The largest absolute Gasteiger partial charge is 0.493 e. The summed E-state index contributed by atoms with van der Waals surface area (Å²) in [4.78, 5) is 36.4. The molecule has 1 amide bonds. The quantitative estimate of drug-likeness (QED) is 0.638. The van der Waals surface area contributed by atoms with Crippen molar-refractivity contribution in [2.24, 2.45) is 0 Å². The van der Waals surface area contributed by atoms with Gasteiger partial charge in [0.1, 0.15) is 5.58 Å². The third-order valence-electron chi connectivity index (χ3n) is 4.09. The first kappa shape index (κ1) is 19.9. The van der Waals surface area contributed by atoms with Crippen LogP contribution in [0.25, 0.3) is 11.0 Å². The molecule has 29 heavy (non-hydrogen) atoms. The Labute approximate surface area is 166 Å². The van der Waals surface area contributed by atoms with Gasteiger partial charge >= 0.3 is 5.97 Å². The predicted octanol–water partition coefficient (Wildman–Crippen LogP) is 2.91. The van der Waals surface area contributed by atoms with Crippen LogP contribution in [0.5, 0.6) is 11.5 Å². The van der Waals surface area contributed by atoms with Crippen molar-refractivity contribution in [2.75, 3.05) is 26.1 Å². The summed E-state index contributed by atoms with van der Waals surface area (Å²) in [5.74, 6) is -0.796. The molecular formula is C21H19NO7. The van der Waals surface area contributed by atoms with Crippen molar-refractivity contribution < 1.29 is 28.2 Å². The highest BCUT2D eigenvalue weighted by molar-refractivity contribution is 5.95. The lowest BCUT2D eigenvalue weighted by molar-refractivity contribution is -0.119. The zero-order valence-corrected chi connectivity index (χ0v) is 16.1. The van der Waals surface area contributed by atoms with Crippen molar-refractivity contribution in [3.8, 4) is 11.5 Å². The van der Waals surface area contributed by atoms with E-state index in [1.807, 2.05) is 6.92 Å².